The van der Waals surface area contributed by atoms with E-state index in [1.807, 2.05) is 108 Å². The molecular formula is C50H42F3N5O3. The van der Waals surface area contributed by atoms with Crippen molar-refractivity contribution in [3.63, 3.8) is 0 Å². The number of carbonyl (C=O) groups excluding carboxylic acids is 2. The third-order valence-electron chi connectivity index (χ3n) is 13.0. The van der Waals surface area contributed by atoms with E-state index in [1.54, 1.807) is 15.9 Å². The van der Waals surface area contributed by atoms with Crippen LogP contribution in [0.4, 0.5) is 23.7 Å². The summed E-state index contributed by atoms with van der Waals surface area (Å²) in [6, 6.07) is 48.8. The second-order valence-corrected chi connectivity index (χ2v) is 16.5. The Morgan fingerprint density at radius 1 is 0.705 bits per heavy atom. The minimum atomic E-state index is -4.45. The fourth-order valence-electron chi connectivity index (χ4n) is 9.58. The fourth-order valence-corrected chi connectivity index (χ4v) is 9.58. The van der Waals surface area contributed by atoms with E-state index in [9.17, 15) is 22.8 Å². The number of halogens is 3. The van der Waals surface area contributed by atoms with Gasteiger partial charge in [-0.3, -0.25) is 9.78 Å². The summed E-state index contributed by atoms with van der Waals surface area (Å²) in [5.41, 5.74) is 2.21. The van der Waals surface area contributed by atoms with Gasteiger partial charge in [0.05, 0.1) is 16.6 Å². The Labute approximate surface area is 351 Å². The Bertz CT molecular complexity index is 2640. The highest BCUT2D eigenvalue weighted by Crippen LogP contribution is 2.58. The van der Waals surface area contributed by atoms with Crippen LogP contribution in [0.25, 0.3) is 22.2 Å². The first-order valence-corrected chi connectivity index (χ1v) is 20.6. The molecule has 306 valence electrons. The van der Waals surface area contributed by atoms with Crippen molar-refractivity contribution in [3.05, 3.63) is 186 Å². The predicted molar refractivity (Wildman–Crippen MR) is 227 cm³/mol. The summed E-state index contributed by atoms with van der Waals surface area (Å²) in [6.07, 6.45) is -2.42. The minimum Gasteiger partial charge on any atom is -0.445 e. The van der Waals surface area contributed by atoms with Crippen molar-refractivity contribution in [3.8, 4) is 11.3 Å². The second kappa shape index (κ2) is 14.8. The molecule has 61 heavy (non-hydrogen) atoms. The van der Waals surface area contributed by atoms with Gasteiger partial charge in [-0.15, -0.1) is 0 Å². The maximum atomic E-state index is 14.6. The van der Waals surface area contributed by atoms with Gasteiger partial charge in [-0.25, -0.2) is 9.48 Å². The van der Waals surface area contributed by atoms with E-state index in [-0.39, 0.29) is 37.6 Å². The van der Waals surface area contributed by atoms with Crippen molar-refractivity contribution < 1.29 is 27.5 Å². The van der Waals surface area contributed by atoms with Gasteiger partial charge in [-0.2, -0.15) is 18.3 Å². The molecular weight excluding hydrogens is 776 g/mol. The molecule has 1 aliphatic carbocycles. The van der Waals surface area contributed by atoms with Crippen molar-refractivity contribution in [2.24, 2.45) is 5.41 Å². The lowest BCUT2D eigenvalue weighted by molar-refractivity contribution is -0.161. The number of nitrogens with zero attached hydrogens (tertiary/aromatic N) is 5. The quantitative estimate of drug-likeness (QED) is 0.136. The molecule has 7 aromatic rings. The highest BCUT2D eigenvalue weighted by molar-refractivity contribution is 6.04. The van der Waals surface area contributed by atoms with Crippen LogP contribution in [0, 0.1) is 5.41 Å². The summed E-state index contributed by atoms with van der Waals surface area (Å²) in [5, 5.41) is 6.11. The molecule has 11 heteroatoms. The topological polar surface area (TPSA) is 80.6 Å². The number of alkyl halides is 3. The van der Waals surface area contributed by atoms with Gasteiger partial charge >= 0.3 is 12.3 Å². The van der Waals surface area contributed by atoms with Gasteiger partial charge in [0.15, 0.2) is 0 Å². The van der Waals surface area contributed by atoms with Crippen LogP contribution in [0.5, 0.6) is 0 Å². The molecule has 3 fully saturated rings. The van der Waals surface area contributed by atoms with E-state index in [1.165, 1.54) is 12.3 Å². The monoisotopic (exact) mass is 817 g/mol. The summed E-state index contributed by atoms with van der Waals surface area (Å²) >= 11 is 0. The molecule has 2 aliphatic heterocycles. The van der Waals surface area contributed by atoms with E-state index in [0.29, 0.717) is 48.3 Å². The molecule has 10 rings (SSSR count). The van der Waals surface area contributed by atoms with E-state index >= 15 is 0 Å². The van der Waals surface area contributed by atoms with Crippen molar-refractivity contribution in [2.45, 2.75) is 49.4 Å². The Morgan fingerprint density at radius 2 is 1.30 bits per heavy atom. The standard InChI is InChI=1S/C50H42F3N5O3/c51-50(52,53)48(24-25-48)43-31-36(23-28-54-43)44-41-32-40(57-30-27-47(45(57)59)26-29-56(34-47)46(60)61-33-35-13-5-1-6-14-35)21-22-42(41)58(55-44)49(37-15-7-2-8-16-37,38-17-9-3-10-18-38)39-19-11-4-12-20-39/h1-23,28,31-32H,24-27,29-30,33-34H2. The number of benzene rings is 5. The highest BCUT2D eigenvalue weighted by Gasteiger charge is 2.65. The van der Waals surface area contributed by atoms with Crippen molar-refractivity contribution in [2.75, 3.05) is 24.5 Å². The van der Waals surface area contributed by atoms with E-state index < -0.39 is 28.6 Å². The van der Waals surface area contributed by atoms with Crippen LogP contribution in [0.3, 0.4) is 0 Å². The third-order valence-corrected chi connectivity index (χ3v) is 13.0. The molecule has 2 amide bonds. The molecule has 0 N–H and O–H groups in total. The van der Waals surface area contributed by atoms with Crippen LogP contribution in [0.2, 0.25) is 0 Å². The zero-order valence-corrected chi connectivity index (χ0v) is 33.3. The SMILES string of the molecule is O=C(OCc1ccccc1)N1CCC2(CCN(c3ccc4c(c3)c(-c3ccnc(C5(C(F)(F)F)CC5)c3)nn4C(c3ccccc3)(c3ccccc3)c3ccccc3)C2=O)C1. The van der Waals surface area contributed by atoms with Crippen LogP contribution < -0.4 is 4.90 Å². The Morgan fingerprint density at radius 3 is 1.89 bits per heavy atom. The zero-order valence-electron chi connectivity index (χ0n) is 33.3. The molecule has 0 radical (unpaired) electrons. The Balaban J connectivity index is 1.10. The average molecular weight is 818 g/mol. The number of aromatic nitrogens is 3. The van der Waals surface area contributed by atoms with Gasteiger partial charge in [0.2, 0.25) is 5.91 Å². The molecule has 3 aliphatic rings. The molecule has 1 atom stereocenters. The summed E-state index contributed by atoms with van der Waals surface area (Å²) in [4.78, 5) is 35.4. The second-order valence-electron chi connectivity index (χ2n) is 16.5. The molecule has 2 saturated heterocycles. The van der Waals surface area contributed by atoms with Gasteiger partial charge < -0.3 is 14.5 Å². The maximum absolute atomic E-state index is 14.6. The van der Waals surface area contributed by atoms with E-state index in [0.717, 1.165) is 27.8 Å². The van der Waals surface area contributed by atoms with Gasteiger partial charge in [-0.05, 0) is 78.3 Å². The Kier molecular flexibility index (Phi) is 9.30. The predicted octanol–water partition coefficient (Wildman–Crippen LogP) is 10.3. The van der Waals surface area contributed by atoms with Crippen molar-refractivity contribution >= 4 is 28.6 Å². The summed E-state index contributed by atoms with van der Waals surface area (Å²) in [6.45, 7) is 1.26. The molecule has 1 spiro atoms. The number of anilines is 1. The number of fused-ring (bicyclic) bond motifs is 1. The summed E-state index contributed by atoms with van der Waals surface area (Å²) < 4.78 is 51.2. The number of amides is 2. The highest BCUT2D eigenvalue weighted by atomic mass is 19.4. The maximum Gasteiger partial charge on any atom is 0.410 e. The van der Waals surface area contributed by atoms with Crippen LogP contribution in [-0.4, -0.2) is 57.5 Å². The largest absolute Gasteiger partial charge is 0.445 e. The van der Waals surface area contributed by atoms with Crippen LogP contribution in [-0.2, 0) is 27.1 Å². The zero-order chi connectivity index (χ0) is 41.8. The molecule has 1 unspecified atom stereocenters. The molecule has 8 nitrogen and oxygen atoms in total. The minimum absolute atomic E-state index is 0.0214. The van der Waals surface area contributed by atoms with Gasteiger partial charge in [0, 0.05) is 42.5 Å². The first-order valence-electron chi connectivity index (χ1n) is 20.6. The molecule has 0 bridgehead atoms. The number of pyridine rings is 1. The van der Waals surface area contributed by atoms with Crippen molar-refractivity contribution in [1.29, 1.82) is 0 Å². The molecule has 4 heterocycles. The number of likely N-dealkylation sites (tertiary alicyclic amines) is 1. The van der Waals surface area contributed by atoms with Crippen LogP contribution in [0.1, 0.15) is 53.6 Å². The van der Waals surface area contributed by atoms with Gasteiger partial charge in [0.25, 0.3) is 0 Å². The first-order chi connectivity index (χ1) is 29.6. The van der Waals surface area contributed by atoms with Crippen molar-refractivity contribution in [1.82, 2.24) is 19.7 Å². The number of rotatable bonds is 9. The lowest BCUT2D eigenvalue weighted by Crippen LogP contribution is -2.39. The normalized spacial score (nSPS) is 18.6. The summed E-state index contributed by atoms with van der Waals surface area (Å²) in [7, 11) is 0. The Hall–Kier alpha value is -6.75. The number of ether oxygens (including phenoxy) is 1. The third kappa shape index (κ3) is 6.36. The molecule has 1 saturated carbocycles. The lowest BCUT2D eigenvalue weighted by atomic mass is 9.77. The summed E-state index contributed by atoms with van der Waals surface area (Å²) in [5.74, 6) is -0.0709. The van der Waals surface area contributed by atoms with Gasteiger partial charge in [0.1, 0.15) is 23.3 Å². The smallest absolute Gasteiger partial charge is 0.410 e. The number of hydrogen-bond acceptors (Lipinski definition) is 5. The fraction of sp³-hybridized carbons (Fsp3) is 0.240. The van der Waals surface area contributed by atoms with Crippen LogP contribution in [0.15, 0.2) is 158 Å². The average Bonchev–Trinajstić information content (AvgIpc) is 3.76. The van der Waals surface area contributed by atoms with Gasteiger partial charge in [-0.1, -0.05) is 121 Å². The van der Waals surface area contributed by atoms with E-state index in [4.69, 9.17) is 9.84 Å². The lowest BCUT2D eigenvalue weighted by Gasteiger charge is -2.37. The van der Waals surface area contributed by atoms with Crippen LogP contribution >= 0.6 is 0 Å². The number of carbonyl (C=O) groups is 2. The van der Waals surface area contributed by atoms with E-state index in [2.05, 4.69) is 41.4 Å². The molecule has 2 aromatic heterocycles. The number of hydrogen-bond donors (Lipinski definition) is 0. The first kappa shape index (κ1) is 38.5. The molecule has 5 aromatic carbocycles.